The quantitative estimate of drug-likeness (QED) is 0.645. The van der Waals surface area contributed by atoms with Crippen molar-refractivity contribution in [2.24, 2.45) is 5.92 Å². The summed E-state index contributed by atoms with van der Waals surface area (Å²) >= 11 is 0. The first-order valence-corrected chi connectivity index (χ1v) is 9.92. The highest BCUT2D eigenvalue weighted by atomic mass is 35.5. The van der Waals surface area contributed by atoms with Crippen LogP contribution in [-0.2, 0) is 0 Å². The summed E-state index contributed by atoms with van der Waals surface area (Å²) in [5.74, 6) is 0.590. The molecule has 0 saturated carbocycles. The Morgan fingerprint density at radius 2 is 1.93 bits per heavy atom. The van der Waals surface area contributed by atoms with Crippen LogP contribution in [0.2, 0.25) is 0 Å². The van der Waals surface area contributed by atoms with Gasteiger partial charge in [0.25, 0.3) is 5.91 Å². The molecule has 29 heavy (non-hydrogen) atoms. The van der Waals surface area contributed by atoms with E-state index in [4.69, 9.17) is 5.10 Å². The molecule has 1 aromatic heterocycles. The number of hydrogen-bond donors (Lipinski definition) is 2. The van der Waals surface area contributed by atoms with E-state index in [9.17, 15) is 4.79 Å². The molecule has 1 amide bonds. The van der Waals surface area contributed by atoms with E-state index < -0.39 is 0 Å². The zero-order valence-corrected chi connectivity index (χ0v) is 17.4. The minimum atomic E-state index is -0.0665. The van der Waals surface area contributed by atoms with Gasteiger partial charge in [-0.05, 0) is 50.9 Å². The highest BCUT2D eigenvalue weighted by Crippen LogP contribution is 2.24. The van der Waals surface area contributed by atoms with Gasteiger partial charge in [-0.2, -0.15) is 5.10 Å². The molecule has 152 valence electrons. The molecule has 0 bridgehead atoms. The van der Waals surface area contributed by atoms with Crippen molar-refractivity contribution in [2.75, 3.05) is 19.6 Å². The van der Waals surface area contributed by atoms with Crippen LogP contribution in [0.3, 0.4) is 0 Å². The molecule has 2 aromatic carbocycles. The fourth-order valence-corrected chi connectivity index (χ4v) is 3.62. The second-order valence-corrected chi connectivity index (χ2v) is 7.44. The zero-order chi connectivity index (χ0) is 19.3. The number of nitrogens with zero attached hydrogens (tertiary/aromatic N) is 2. The second kappa shape index (κ2) is 9.72. The van der Waals surface area contributed by atoms with Crippen LogP contribution < -0.4 is 10.6 Å². The Morgan fingerprint density at radius 1 is 1.17 bits per heavy atom. The van der Waals surface area contributed by atoms with E-state index in [2.05, 4.69) is 29.7 Å². The van der Waals surface area contributed by atoms with Crippen LogP contribution in [0.4, 0.5) is 0 Å². The summed E-state index contributed by atoms with van der Waals surface area (Å²) in [6.07, 6.45) is 4.03. The van der Waals surface area contributed by atoms with Crippen molar-refractivity contribution in [1.82, 2.24) is 20.4 Å². The minimum Gasteiger partial charge on any atom is -0.352 e. The molecular weight excluding hydrogens is 384 g/mol. The van der Waals surface area contributed by atoms with Gasteiger partial charge in [0, 0.05) is 18.3 Å². The molecule has 1 aliphatic rings. The van der Waals surface area contributed by atoms with E-state index in [1.165, 1.54) is 12.0 Å². The molecular formula is C23H27ClN4O. The van der Waals surface area contributed by atoms with Crippen molar-refractivity contribution in [3.8, 4) is 16.9 Å². The van der Waals surface area contributed by atoms with Crippen LogP contribution in [0, 0.1) is 12.8 Å². The van der Waals surface area contributed by atoms with Gasteiger partial charge in [-0.15, -0.1) is 12.4 Å². The normalized spacial score (nSPS) is 15.7. The van der Waals surface area contributed by atoms with Crippen LogP contribution in [0.25, 0.3) is 16.9 Å². The number of hydrogen-bond acceptors (Lipinski definition) is 3. The summed E-state index contributed by atoms with van der Waals surface area (Å²) in [5.41, 5.74) is 4.40. The van der Waals surface area contributed by atoms with Crippen molar-refractivity contribution >= 4 is 18.3 Å². The highest BCUT2D eigenvalue weighted by molar-refractivity contribution is 5.99. The van der Waals surface area contributed by atoms with E-state index >= 15 is 0 Å². The van der Waals surface area contributed by atoms with Gasteiger partial charge in [0.15, 0.2) is 0 Å². The van der Waals surface area contributed by atoms with Crippen LogP contribution in [0.5, 0.6) is 0 Å². The Bertz CT molecular complexity index is 931. The SMILES string of the molecule is Cc1ccc(-n2cc(C(=O)NCCC3CCNC3)c(-c3ccccc3)n2)cc1.Cl. The molecule has 1 fully saturated rings. The van der Waals surface area contributed by atoms with Crippen LogP contribution in [0.15, 0.2) is 60.8 Å². The lowest BCUT2D eigenvalue weighted by atomic mass is 10.0. The molecule has 5 nitrogen and oxygen atoms in total. The highest BCUT2D eigenvalue weighted by Gasteiger charge is 2.19. The molecule has 0 radical (unpaired) electrons. The maximum atomic E-state index is 12.9. The Morgan fingerprint density at radius 3 is 2.62 bits per heavy atom. The Balaban J connectivity index is 0.00000240. The number of carbonyl (C=O) groups is 1. The molecule has 0 spiro atoms. The zero-order valence-electron chi connectivity index (χ0n) is 16.6. The first-order chi connectivity index (χ1) is 13.7. The van der Waals surface area contributed by atoms with Gasteiger partial charge >= 0.3 is 0 Å². The largest absolute Gasteiger partial charge is 0.352 e. The topological polar surface area (TPSA) is 59.0 Å². The van der Waals surface area contributed by atoms with Gasteiger partial charge in [-0.1, -0.05) is 48.0 Å². The van der Waals surface area contributed by atoms with Gasteiger partial charge in [0.05, 0.1) is 11.3 Å². The summed E-state index contributed by atoms with van der Waals surface area (Å²) in [5, 5.41) is 11.2. The fraction of sp³-hybridized carbons (Fsp3) is 0.304. The Kier molecular flexibility index (Phi) is 7.07. The van der Waals surface area contributed by atoms with Crippen molar-refractivity contribution < 1.29 is 4.79 Å². The molecule has 6 heteroatoms. The van der Waals surface area contributed by atoms with Crippen molar-refractivity contribution in [2.45, 2.75) is 19.8 Å². The third kappa shape index (κ3) is 5.05. The van der Waals surface area contributed by atoms with Crippen LogP contribution in [-0.4, -0.2) is 35.3 Å². The first-order valence-electron chi connectivity index (χ1n) is 9.92. The van der Waals surface area contributed by atoms with Gasteiger partial charge in [-0.25, -0.2) is 4.68 Å². The monoisotopic (exact) mass is 410 g/mol. The third-order valence-corrected chi connectivity index (χ3v) is 5.31. The van der Waals surface area contributed by atoms with Crippen molar-refractivity contribution in [3.05, 3.63) is 71.9 Å². The first kappa shape index (κ1) is 21.1. The predicted octanol–water partition coefficient (Wildman–Crippen LogP) is 4.00. The molecule has 1 aliphatic heterocycles. The molecule has 2 N–H and O–H groups in total. The van der Waals surface area contributed by atoms with Crippen molar-refractivity contribution in [3.63, 3.8) is 0 Å². The van der Waals surface area contributed by atoms with E-state index in [1.54, 1.807) is 4.68 Å². The summed E-state index contributed by atoms with van der Waals surface area (Å²) in [4.78, 5) is 12.9. The Hall–Kier alpha value is -2.63. The van der Waals surface area contributed by atoms with Crippen LogP contribution >= 0.6 is 12.4 Å². The van der Waals surface area contributed by atoms with E-state index in [-0.39, 0.29) is 18.3 Å². The van der Waals surface area contributed by atoms with E-state index in [1.807, 2.05) is 48.7 Å². The molecule has 1 atom stereocenters. The lowest BCUT2D eigenvalue weighted by Gasteiger charge is -2.09. The van der Waals surface area contributed by atoms with E-state index in [0.29, 0.717) is 23.7 Å². The fourth-order valence-electron chi connectivity index (χ4n) is 3.62. The number of carbonyl (C=O) groups excluding carboxylic acids is 1. The molecule has 4 rings (SSSR count). The molecule has 2 heterocycles. The molecule has 1 unspecified atom stereocenters. The number of rotatable bonds is 6. The van der Waals surface area contributed by atoms with Gasteiger partial charge in [0.2, 0.25) is 0 Å². The van der Waals surface area contributed by atoms with Crippen LogP contribution in [0.1, 0.15) is 28.8 Å². The van der Waals surface area contributed by atoms with Gasteiger partial charge in [-0.3, -0.25) is 4.79 Å². The van der Waals surface area contributed by atoms with Gasteiger partial charge < -0.3 is 10.6 Å². The number of benzene rings is 2. The number of halogens is 1. The third-order valence-electron chi connectivity index (χ3n) is 5.31. The summed E-state index contributed by atoms with van der Waals surface area (Å²) in [6.45, 7) is 4.88. The van der Waals surface area contributed by atoms with Gasteiger partial charge in [0.1, 0.15) is 5.69 Å². The molecule has 0 aliphatic carbocycles. The summed E-state index contributed by atoms with van der Waals surface area (Å²) in [6, 6.07) is 18.0. The molecule has 1 saturated heterocycles. The average molecular weight is 411 g/mol. The summed E-state index contributed by atoms with van der Waals surface area (Å²) in [7, 11) is 0. The van der Waals surface area contributed by atoms with E-state index in [0.717, 1.165) is 30.8 Å². The predicted molar refractivity (Wildman–Crippen MR) is 119 cm³/mol. The lowest BCUT2D eigenvalue weighted by Crippen LogP contribution is -2.26. The second-order valence-electron chi connectivity index (χ2n) is 7.44. The Labute approximate surface area is 177 Å². The maximum Gasteiger partial charge on any atom is 0.255 e. The molecule has 3 aromatic rings. The smallest absolute Gasteiger partial charge is 0.255 e. The minimum absolute atomic E-state index is 0. The standard InChI is InChI=1S/C23H26N4O.ClH/c1-17-7-9-20(10-8-17)27-16-21(22(26-27)19-5-3-2-4-6-19)23(28)25-14-12-18-11-13-24-15-18;/h2-10,16,18,24H,11-15H2,1H3,(H,25,28);1H. The number of aromatic nitrogens is 2. The number of nitrogens with one attached hydrogen (secondary N) is 2. The van der Waals surface area contributed by atoms with Crippen molar-refractivity contribution in [1.29, 1.82) is 0 Å². The maximum absolute atomic E-state index is 12.9. The summed E-state index contributed by atoms with van der Waals surface area (Å²) < 4.78 is 1.79. The average Bonchev–Trinajstić information content (AvgIpc) is 3.39. The number of amides is 1. The number of aryl methyl sites for hydroxylation is 1. The lowest BCUT2D eigenvalue weighted by molar-refractivity contribution is 0.0952.